The molecule has 1 aliphatic rings. The second-order valence-corrected chi connectivity index (χ2v) is 3.00. The second-order valence-electron chi connectivity index (χ2n) is 3.00. The Labute approximate surface area is 71.9 Å². The second kappa shape index (κ2) is 2.52. The van der Waals surface area contributed by atoms with Gasteiger partial charge in [0.1, 0.15) is 0 Å². The van der Waals surface area contributed by atoms with Gasteiger partial charge in [-0.3, -0.25) is 0 Å². The fourth-order valence-corrected chi connectivity index (χ4v) is 1.33. The van der Waals surface area contributed by atoms with Crippen LogP contribution in [0, 0.1) is 0 Å². The molecule has 0 saturated carbocycles. The molecule has 0 bridgehead atoms. The first-order chi connectivity index (χ1) is 5.77. The molecule has 0 atom stereocenters. The highest BCUT2D eigenvalue weighted by atomic mass is 15.1. The van der Waals surface area contributed by atoms with E-state index in [-0.39, 0.29) is 0 Å². The van der Waals surface area contributed by atoms with Gasteiger partial charge in [0.05, 0.1) is 0 Å². The topological polar surface area (TPSA) is 3.24 Å². The Kier molecular flexibility index (Phi) is 1.51. The highest BCUT2D eigenvalue weighted by Crippen LogP contribution is 2.01. The van der Waals surface area contributed by atoms with Gasteiger partial charge in [-0.15, -0.1) is 0 Å². The van der Waals surface area contributed by atoms with Crippen molar-refractivity contribution in [2.75, 3.05) is 7.05 Å². The van der Waals surface area contributed by atoms with Crippen LogP contribution in [0.2, 0.25) is 0 Å². The molecule has 0 amide bonds. The Hall–Kier alpha value is -1.50. The summed E-state index contributed by atoms with van der Waals surface area (Å²) in [6.45, 7) is 3.93. The molecule has 1 heterocycles. The zero-order chi connectivity index (χ0) is 8.55. The largest absolute Gasteiger partial charge is 0.351 e. The number of nitrogens with zero attached hydrogens (tertiary/aromatic N) is 1. The Morgan fingerprint density at radius 3 is 2.58 bits per heavy atom. The number of rotatable bonds is 0. The number of allylic oxidation sites excluding steroid dienone is 1. The van der Waals surface area contributed by atoms with Gasteiger partial charge < -0.3 is 4.90 Å². The highest BCUT2D eigenvalue weighted by Gasteiger charge is 1.99. The van der Waals surface area contributed by atoms with Crippen LogP contribution in [-0.2, 0) is 0 Å². The van der Waals surface area contributed by atoms with Gasteiger partial charge in [0.25, 0.3) is 0 Å². The molecule has 1 aliphatic heterocycles. The zero-order valence-corrected chi connectivity index (χ0v) is 7.12. The molecule has 1 aromatic rings. The van der Waals surface area contributed by atoms with Gasteiger partial charge in [-0.2, -0.15) is 0 Å². The van der Waals surface area contributed by atoms with Crippen LogP contribution >= 0.6 is 0 Å². The number of fused-ring (bicyclic) bond motifs is 1. The molecule has 1 heteroatoms. The lowest BCUT2D eigenvalue weighted by molar-refractivity contribution is 0.647. The lowest BCUT2D eigenvalue weighted by atomic mass is 10.2. The van der Waals surface area contributed by atoms with Gasteiger partial charge in [-0.1, -0.05) is 30.8 Å². The Morgan fingerprint density at radius 2 is 1.83 bits per heavy atom. The molecule has 0 radical (unpaired) electrons. The van der Waals surface area contributed by atoms with Crippen molar-refractivity contribution in [3.8, 4) is 0 Å². The molecule has 0 saturated heterocycles. The molecule has 2 rings (SSSR count). The third-order valence-corrected chi connectivity index (χ3v) is 2.10. The summed E-state index contributed by atoms with van der Waals surface area (Å²) in [7, 11) is 2.01. The number of benzene rings is 1. The van der Waals surface area contributed by atoms with E-state index in [1.807, 2.05) is 24.1 Å². The Balaban J connectivity index is 2.79. The summed E-state index contributed by atoms with van der Waals surface area (Å²) in [5.74, 6) is 0. The van der Waals surface area contributed by atoms with Gasteiger partial charge >= 0.3 is 0 Å². The van der Waals surface area contributed by atoms with Crippen molar-refractivity contribution in [1.82, 2.24) is 4.90 Å². The van der Waals surface area contributed by atoms with Gasteiger partial charge in [-0.05, 0) is 16.5 Å². The summed E-state index contributed by atoms with van der Waals surface area (Å²) in [5, 5.41) is 2.51. The summed E-state index contributed by atoms with van der Waals surface area (Å²) in [6, 6.07) is 8.30. The average Bonchev–Trinajstić information content (AvgIpc) is 2.07. The van der Waals surface area contributed by atoms with Gasteiger partial charge in [0, 0.05) is 18.9 Å². The molecular weight excluding hydrogens is 146 g/mol. The smallest absolute Gasteiger partial charge is 0.0336 e. The molecule has 12 heavy (non-hydrogen) atoms. The standard InChI is InChI=1S/C11H11N/c1-9-7-10-5-3-4-6-11(10)8-12(9)2/h3-8H,1H2,2H3. The van der Waals surface area contributed by atoms with E-state index in [0.717, 1.165) is 5.70 Å². The van der Waals surface area contributed by atoms with Gasteiger partial charge in [-0.25, -0.2) is 0 Å². The van der Waals surface area contributed by atoms with Crippen LogP contribution in [0.15, 0.2) is 36.5 Å². The van der Waals surface area contributed by atoms with Crippen LogP contribution < -0.4 is 10.4 Å². The SMILES string of the molecule is C=C1C=c2ccccc2=CN1C. The summed E-state index contributed by atoms with van der Waals surface area (Å²) in [6.07, 6.45) is 4.19. The highest BCUT2D eigenvalue weighted by molar-refractivity contribution is 5.52. The normalized spacial score (nSPS) is 14.8. The monoisotopic (exact) mass is 157 g/mol. The first-order valence-corrected chi connectivity index (χ1v) is 3.98. The van der Waals surface area contributed by atoms with Crippen LogP contribution in [0.1, 0.15) is 0 Å². The van der Waals surface area contributed by atoms with Crippen LogP contribution in [-0.4, -0.2) is 11.9 Å². The maximum absolute atomic E-state index is 3.93. The van der Waals surface area contributed by atoms with Crippen molar-refractivity contribution in [3.05, 3.63) is 47.0 Å². The van der Waals surface area contributed by atoms with Gasteiger partial charge in [0.15, 0.2) is 0 Å². The minimum atomic E-state index is 1.04. The van der Waals surface area contributed by atoms with Crippen LogP contribution in [0.5, 0.6) is 0 Å². The molecule has 0 aliphatic carbocycles. The van der Waals surface area contributed by atoms with E-state index in [1.165, 1.54) is 10.4 Å². The first-order valence-electron chi connectivity index (χ1n) is 3.98. The van der Waals surface area contributed by atoms with E-state index < -0.39 is 0 Å². The van der Waals surface area contributed by atoms with E-state index >= 15 is 0 Å². The number of hydrogen-bond acceptors (Lipinski definition) is 1. The molecule has 0 unspecified atom stereocenters. The predicted octanol–water partition coefficient (Wildman–Crippen LogP) is 0.664. The van der Waals surface area contributed by atoms with E-state index in [9.17, 15) is 0 Å². The molecule has 0 aromatic heterocycles. The molecule has 0 N–H and O–H groups in total. The average molecular weight is 157 g/mol. The fourth-order valence-electron chi connectivity index (χ4n) is 1.33. The van der Waals surface area contributed by atoms with Crippen molar-refractivity contribution in [2.45, 2.75) is 0 Å². The van der Waals surface area contributed by atoms with Crippen molar-refractivity contribution in [3.63, 3.8) is 0 Å². The minimum Gasteiger partial charge on any atom is -0.351 e. The molecular formula is C11H11N. The van der Waals surface area contributed by atoms with E-state index in [4.69, 9.17) is 0 Å². The lowest BCUT2D eigenvalue weighted by Crippen LogP contribution is -2.32. The molecule has 1 aromatic carbocycles. The predicted molar refractivity (Wildman–Crippen MR) is 51.5 cm³/mol. The van der Waals surface area contributed by atoms with Crippen molar-refractivity contribution in [1.29, 1.82) is 0 Å². The maximum Gasteiger partial charge on any atom is 0.0336 e. The van der Waals surface area contributed by atoms with Crippen LogP contribution in [0.3, 0.4) is 0 Å². The third kappa shape index (κ3) is 1.03. The van der Waals surface area contributed by atoms with Gasteiger partial charge in [0.2, 0.25) is 0 Å². The lowest BCUT2D eigenvalue weighted by Gasteiger charge is -2.17. The zero-order valence-electron chi connectivity index (χ0n) is 7.12. The Morgan fingerprint density at radius 1 is 1.17 bits per heavy atom. The summed E-state index contributed by atoms with van der Waals surface area (Å²) >= 11 is 0. The summed E-state index contributed by atoms with van der Waals surface area (Å²) in [5.41, 5.74) is 1.04. The first kappa shape index (κ1) is 7.17. The van der Waals surface area contributed by atoms with Crippen LogP contribution in [0.25, 0.3) is 12.3 Å². The molecule has 0 fully saturated rings. The summed E-state index contributed by atoms with van der Waals surface area (Å²) < 4.78 is 0. The minimum absolute atomic E-state index is 1.04. The van der Waals surface area contributed by atoms with Crippen molar-refractivity contribution in [2.24, 2.45) is 0 Å². The van der Waals surface area contributed by atoms with E-state index in [2.05, 4.69) is 31.0 Å². The van der Waals surface area contributed by atoms with E-state index in [0.29, 0.717) is 0 Å². The molecule has 1 nitrogen and oxygen atoms in total. The molecule has 0 spiro atoms. The third-order valence-electron chi connectivity index (χ3n) is 2.10. The van der Waals surface area contributed by atoms with E-state index in [1.54, 1.807) is 0 Å². The van der Waals surface area contributed by atoms with Crippen molar-refractivity contribution >= 4 is 12.3 Å². The quantitative estimate of drug-likeness (QED) is 0.535. The maximum atomic E-state index is 3.93. The molecule has 60 valence electrons. The fraction of sp³-hybridized carbons (Fsp3) is 0.0909. The van der Waals surface area contributed by atoms with Crippen LogP contribution in [0.4, 0.5) is 0 Å². The number of hydrogen-bond donors (Lipinski definition) is 0. The summed E-state index contributed by atoms with van der Waals surface area (Å²) in [4.78, 5) is 2.03. The Bertz CT molecular complexity index is 429. The van der Waals surface area contributed by atoms with Crippen molar-refractivity contribution < 1.29 is 0 Å².